The molecule has 3 heteroatoms. The summed E-state index contributed by atoms with van der Waals surface area (Å²) in [6.45, 7) is 5.41. The first kappa shape index (κ1) is 13.5. The predicted octanol–water partition coefficient (Wildman–Crippen LogP) is 4.35. The highest BCUT2D eigenvalue weighted by Crippen LogP contribution is 2.21. The van der Waals surface area contributed by atoms with Crippen molar-refractivity contribution in [1.29, 1.82) is 0 Å². The number of nitrogens with one attached hydrogen (secondary N) is 1. The summed E-state index contributed by atoms with van der Waals surface area (Å²) in [5.41, 5.74) is 1.13. The molecule has 0 fully saturated rings. The van der Waals surface area contributed by atoms with Gasteiger partial charge in [-0.3, -0.25) is 0 Å². The third-order valence-corrected chi connectivity index (χ3v) is 4.32. The molecule has 1 unspecified atom stereocenters. The second kappa shape index (κ2) is 6.86. The fourth-order valence-corrected chi connectivity index (χ4v) is 3.05. The average Bonchev–Trinajstić information content (AvgIpc) is 2.81. The summed E-state index contributed by atoms with van der Waals surface area (Å²) in [7, 11) is 0. The van der Waals surface area contributed by atoms with Crippen molar-refractivity contribution >= 4 is 21.6 Å². The predicted molar refractivity (Wildman–Crippen MR) is 80.1 cm³/mol. The lowest BCUT2D eigenvalue weighted by Crippen LogP contribution is -2.27. The number of thiazole rings is 1. The fraction of sp³-hybridized carbons (Fsp3) is 0.533. The maximum atomic E-state index is 4.66. The number of rotatable bonds is 7. The van der Waals surface area contributed by atoms with Crippen molar-refractivity contribution in [3.63, 3.8) is 0 Å². The maximum Gasteiger partial charge on any atom is 0.108 e. The molecule has 0 aliphatic carbocycles. The van der Waals surface area contributed by atoms with Crippen molar-refractivity contribution in [1.82, 2.24) is 10.3 Å². The standard InChI is InChI=1S/C15H22N2S/c1-3-5-8-12(4-2)16-11-15-17-13-9-6-7-10-14(13)18-15/h6-7,9-10,12,16H,3-5,8,11H2,1-2H3. The molecule has 0 aliphatic rings. The van der Waals surface area contributed by atoms with Gasteiger partial charge in [0.15, 0.2) is 0 Å². The quantitative estimate of drug-likeness (QED) is 0.802. The molecule has 0 saturated heterocycles. The zero-order chi connectivity index (χ0) is 12.8. The molecule has 1 aromatic heterocycles. The van der Waals surface area contributed by atoms with Crippen molar-refractivity contribution in [3.05, 3.63) is 29.3 Å². The highest BCUT2D eigenvalue weighted by atomic mass is 32.1. The molecule has 1 atom stereocenters. The van der Waals surface area contributed by atoms with Crippen LogP contribution in [0, 0.1) is 0 Å². The first-order valence-corrected chi connectivity index (χ1v) is 7.73. The van der Waals surface area contributed by atoms with Crippen LogP contribution in [0.1, 0.15) is 44.5 Å². The molecule has 1 aromatic carbocycles. The highest BCUT2D eigenvalue weighted by Gasteiger charge is 2.07. The van der Waals surface area contributed by atoms with E-state index in [2.05, 4.69) is 48.4 Å². The molecule has 0 radical (unpaired) electrons. The minimum absolute atomic E-state index is 0.636. The molecule has 2 nitrogen and oxygen atoms in total. The minimum atomic E-state index is 0.636. The van der Waals surface area contributed by atoms with Gasteiger partial charge in [-0.1, -0.05) is 38.8 Å². The van der Waals surface area contributed by atoms with Crippen molar-refractivity contribution in [3.8, 4) is 0 Å². The number of aromatic nitrogens is 1. The molecule has 1 heterocycles. The number of benzene rings is 1. The van der Waals surface area contributed by atoms with Crippen molar-refractivity contribution in [2.24, 2.45) is 0 Å². The molecule has 0 saturated carbocycles. The van der Waals surface area contributed by atoms with E-state index in [9.17, 15) is 0 Å². The number of unbranched alkanes of at least 4 members (excludes halogenated alkanes) is 1. The zero-order valence-electron chi connectivity index (χ0n) is 11.3. The van der Waals surface area contributed by atoms with Crippen LogP contribution in [0.5, 0.6) is 0 Å². The Labute approximate surface area is 113 Å². The van der Waals surface area contributed by atoms with Gasteiger partial charge < -0.3 is 5.32 Å². The monoisotopic (exact) mass is 262 g/mol. The Morgan fingerprint density at radius 1 is 1.28 bits per heavy atom. The van der Waals surface area contributed by atoms with E-state index >= 15 is 0 Å². The van der Waals surface area contributed by atoms with Crippen molar-refractivity contribution in [2.75, 3.05) is 0 Å². The summed E-state index contributed by atoms with van der Waals surface area (Å²) in [4.78, 5) is 4.66. The minimum Gasteiger partial charge on any atom is -0.308 e. The third-order valence-electron chi connectivity index (χ3n) is 3.28. The maximum absolute atomic E-state index is 4.66. The summed E-state index contributed by atoms with van der Waals surface area (Å²) < 4.78 is 1.29. The van der Waals surface area contributed by atoms with Crippen LogP contribution < -0.4 is 5.32 Å². The molecule has 2 aromatic rings. The zero-order valence-corrected chi connectivity index (χ0v) is 12.1. The summed E-state index contributed by atoms with van der Waals surface area (Å²) >= 11 is 1.80. The van der Waals surface area contributed by atoms with E-state index in [0.717, 1.165) is 12.1 Å². The number of fused-ring (bicyclic) bond motifs is 1. The van der Waals surface area contributed by atoms with Gasteiger partial charge in [-0.05, 0) is 25.0 Å². The molecular weight excluding hydrogens is 240 g/mol. The first-order valence-electron chi connectivity index (χ1n) is 6.91. The van der Waals surface area contributed by atoms with Gasteiger partial charge in [-0.2, -0.15) is 0 Å². The molecule has 0 spiro atoms. The van der Waals surface area contributed by atoms with Crippen LogP contribution in [0.2, 0.25) is 0 Å². The van der Waals surface area contributed by atoms with E-state index in [-0.39, 0.29) is 0 Å². The Morgan fingerprint density at radius 2 is 2.11 bits per heavy atom. The van der Waals surface area contributed by atoms with Gasteiger partial charge in [0.1, 0.15) is 5.01 Å². The normalized spacial score (nSPS) is 13.0. The third kappa shape index (κ3) is 3.53. The van der Waals surface area contributed by atoms with Crippen LogP contribution in [0.3, 0.4) is 0 Å². The van der Waals surface area contributed by atoms with Gasteiger partial charge in [-0.25, -0.2) is 4.98 Å². The van der Waals surface area contributed by atoms with Crippen molar-refractivity contribution < 1.29 is 0 Å². The molecule has 0 bridgehead atoms. The molecule has 0 amide bonds. The van der Waals surface area contributed by atoms with Crippen LogP contribution in [0.25, 0.3) is 10.2 Å². The number of hydrogen-bond acceptors (Lipinski definition) is 3. The fourth-order valence-electron chi connectivity index (χ4n) is 2.13. The molecule has 0 aliphatic heterocycles. The van der Waals surface area contributed by atoms with Crippen LogP contribution in [-0.4, -0.2) is 11.0 Å². The number of para-hydroxylation sites is 1. The van der Waals surface area contributed by atoms with Gasteiger partial charge in [0.05, 0.1) is 10.2 Å². The molecular formula is C15H22N2S. The Hall–Kier alpha value is -0.930. The average molecular weight is 262 g/mol. The largest absolute Gasteiger partial charge is 0.308 e. The Morgan fingerprint density at radius 3 is 2.83 bits per heavy atom. The van der Waals surface area contributed by atoms with Gasteiger partial charge in [0.25, 0.3) is 0 Å². The lowest BCUT2D eigenvalue weighted by molar-refractivity contribution is 0.452. The Balaban J connectivity index is 1.92. The lowest BCUT2D eigenvalue weighted by atomic mass is 10.1. The molecule has 98 valence electrons. The number of nitrogens with zero attached hydrogens (tertiary/aromatic N) is 1. The van der Waals surface area contributed by atoms with E-state index in [1.165, 1.54) is 35.4 Å². The Bertz CT molecular complexity index is 445. The second-order valence-electron chi connectivity index (χ2n) is 4.70. The summed E-state index contributed by atoms with van der Waals surface area (Å²) in [6, 6.07) is 8.99. The second-order valence-corrected chi connectivity index (χ2v) is 5.82. The topological polar surface area (TPSA) is 24.9 Å². The number of hydrogen-bond donors (Lipinski definition) is 1. The summed E-state index contributed by atoms with van der Waals surface area (Å²) in [5.74, 6) is 0. The lowest BCUT2D eigenvalue weighted by Gasteiger charge is -2.15. The summed E-state index contributed by atoms with van der Waals surface area (Å²) in [5, 5.41) is 4.83. The summed E-state index contributed by atoms with van der Waals surface area (Å²) in [6.07, 6.45) is 5.06. The highest BCUT2D eigenvalue weighted by molar-refractivity contribution is 7.18. The van der Waals surface area contributed by atoms with Gasteiger partial charge in [0, 0.05) is 12.6 Å². The van der Waals surface area contributed by atoms with E-state index in [0.29, 0.717) is 6.04 Å². The SMILES string of the molecule is CCCCC(CC)NCc1nc2ccccc2s1. The Kier molecular flexibility index (Phi) is 5.14. The first-order chi connectivity index (χ1) is 8.83. The van der Waals surface area contributed by atoms with Crippen LogP contribution in [-0.2, 0) is 6.54 Å². The van der Waals surface area contributed by atoms with E-state index in [1.807, 2.05) is 0 Å². The van der Waals surface area contributed by atoms with E-state index in [4.69, 9.17) is 0 Å². The van der Waals surface area contributed by atoms with Crippen molar-refractivity contribution in [2.45, 2.75) is 52.1 Å². The molecule has 1 N–H and O–H groups in total. The van der Waals surface area contributed by atoms with Crippen LogP contribution in [0.15, 0.2) is 24.3 Å². The van der Waals surface area contributed by atoms with Gasteiger partial charge in [-0.15, -0.1) is 11.3 Å². The molecule has 18 heavy (non-hydrogen) atoms. The van der Waals surface area contributed by atoms with Crippen LogP contribution in [0.4, 0.5) is 0 Å². The van der Waals surface area contributed by atoms with Gasteiger partial charge in [0.2, 0.25) is 0 Å². The van der Waals surface area contributed by atoms with Gasteiger partial charge >= 0.3 is 0 Å². The van der Waals surface area contributed by atoms with Crippen LogP contribution >= 0.6 is 11.3 Å². The smallest absolute Gasteiger partial charge is 0.108 e. The van der Waals surface area contributed by atoms with E-state index < -0.39 is 0 Å². The van der Waals surface area contributed by atoms with E-state index in [1.54, 1.807) is 11.3 Å². The molecule has 2 rings (SSSR count).